The number of benzene rings is 1. The van der Waals surface area contributed by atoms with Crippen LogP contribution in [0.15, 0.2) is 18.2 Å². The summed E-state index contributed by atoms with van der Waals surface area (Å²) in [6.45, 7) is 16.0. The first-order valence-electron chi connectivity index (χ1n) is 8.00. The Hall–Kier alpha value is -0.900. The summed E-state index contributed by atoms with van der Waals surface area (Å²) in [6.07, 6.45) is -0.384. The molecule has 0 aliphatic carbocycles. The molecule has 21 heavy (non-hydrogen) atoms. The summed E-state index contributed by atoms with van der Waals surface area (Å²) in [7, 11) is 0. The maximum atomic E-state index is 10.5. The van der Waals surface area contributed by atoms with E-state index in [-0.39, 0.29) is 11.6 Å². The van der Waals surface area contributed by atoms with Crippen LogP contribution in [0.3, 0.4) is 0 Å². The summed E-state index contributed by atoms with van der Waals surface area (Å²) in [5.74, 6) is 0. The first-order valence-corrected chi connectivity index (χ1v) is 8.00. The SMILES string of the molecule is Cc1ccc(C(O)CN2CCN(C(C)(C)C)CC2)cc1C. The monoisotopic (exact) mass is 290 g/mol. The van der Waals surface area contributed by atoms with Crippen molar-refractivity contribution in [2.45, 2.75) is 46.3 Å². The van der Waals surface area contributed by atoms with Crippen LogP contribution >= 0.6 is 0 Å². The highest BCUT2D eigenvalue weighted by Crippen LogP contribution is 2.20. The van der Waals surface area contributed by atoms with Crippen molar-refractivity contribution in [3.05, 3.63) is 34.9 Å². The highest BCUT2D eigenvalue weighted by Gasteiger charge is 2.26. The number of hydrogen-bond acceptors (Lipinski definition) is 3. The van der Waals surface area contributed by atoms with Crippen molar-refractivity contribution in [3.8, 4) is 0 Å². The number of aryl methyl sites for hydroxylation is 2. The van der Waals surface area contributed by atoms with Crippen LogP contribution in [0.2, 0.25) is 0 Å². The molecule has 1 fully saturated rings. The maximum Gasteiger partial charge on any atom is 0.0917 e. The molecule has 118 valence electrons. The standard InChI is InChI=1S/C18H30N2O/c1-14-6-7-16(12-15(14)2)17(21)13-19-8-10-20(11-9-19)18(3,4)5/h6-7,12,17,21H,8-11,13H2,1-5H3. The molecule has 0 aromatic heterocycles. The molecule has 1 aliphatic rings. The highest BCUT2D eigenvalue weighted by molar-refractivity contribution is 5.31. The largest absolute Gasteiger partial charge is 0.387 e. The highest BCUT2D eigenvalue weighted by atomic mass is 16.3. The molecule has 1 atom stereocenters. The smallest absolute Gasteiger partial charge is 0.0917 e. The molecule has 0 saturated carbocycles. The molecule has 1 heterocycles. The normalized spacial score (nSPS) is 19.7. The third kappa shape index (κ3) is 4.29. The molecule has 3 nitrogen and oxygen atoms in total. The summed E-state index contributed by atoms with van der Waals surface area (Å²) in [5, 5.41) is 10.5. The lowest BCUT2D eigenvalue weighted by molar-refractivity contribution is 0.0362. The number of piperazine rings is 1. The molecular weight excluding hydrogens is 260 g/mol. The van der Waals surface area contributed by atoms with Gasteiger partial charge in [0.1, 0.15) is 0 Å². The van der Waals surface area contributed by atoms with E-state index in [1.54, 1.807) is 0 Å². The van der Waals surface area contributed by atoms with Crippen LogP contribution in [0.25, 0.3) is 0 Å². The summed E-state index contributed by atoms with van der Waals surface area (Å²) in [5.41, 5.74) is 3.82. The van der Waals surface area contributed by atoms with Gasteiger partial charge in [-0.1, -0.05) is 18.2 Å². The van der Waals surface area contributed by atoms with Crippen LogP contribution in [-0.2, 0) is 0 Å². The molecule has 3 heteroatoms. The van der Waals surface area contributed by atoms with Crippen molar-refractivity contribution in [1.82, 2.24) is 9.80 Å². The first kappa shape index (κ1) is 16.5. The van der Waals surface area contributed by atoms with E-state index in [1.807, 2.05) is 0 Å². The van der Waals surface area contributed by atoms with Crippen molar-refractivity contribution < 1.29 is 5.11 Å². The van der Waals surface area contributed by atoms with E-state index in [9.17, 15) is 5.11 Å². The molecule has 2 rings (SSSR count). The molecule has 0 bridgehead atoms. The Kier molecular flexibility index (Phi) is 5.07. The zero-order valence-corrected chi connectivity index (χ0v) is 14.2. The number of aliphatic hydroxyl groups is 1. The van der Waals surface area contributed by atoms with Crippen LogP contribution in [0, 0.1) is 13.8 Å². The lowest BCUT2D eigenvalue weighted by atomic mass is 10.0. The summed E-state index contributed by atoms with van der Waals surface area (Å²) < 4.78 is 0. The van der Waals surface area contributed by atoms with E-state index in [2.05, 4.69) is 62.6 Å². The average Bonchev–Trinajstić information content (AvgIpc) is 2.41. The lowest BCUT2D eigenvalue weighted by Gasteiger charge is -2.42. The fourth-order valence-electron chi connectivity index (χ4n) is 2.92. The zero-order valence-electron chi connectivity index (χ0n) is 14.2. The van der Waals surface area contributed by atoms with Gasteiger partial charge in [-0.15, -0.1) is 0 Å². The third-order valence-electron chi connectivity index (χ3n) is 4.67. The minimum atomic E-state index is -0.384. The topological polar surface area (TPSA) is 26.7 Å². The number of aliphatic hydroxyl groups excluding tert-OH is 1. The molecule has 1 N–H and O–H groups in total. The van der Waals surface area contributed by atoms with Crippen molar-refractivity contribution in [1.29, 1.82) is 0 Å². The van der Waals surface area contributed by atoms with Crippen molar-refractivity contribution in [3.63, 3.8) is 0 Å². The summed E-state index contributed by atoms with van der Waals surface area (Å²) in [6, 6.07) is 6.27. The molecule has 1 aromatic rings. The van der Waals surface area contributed by atoms with Gasteiger partial charge in [0.25, 0.3) is 0 Å². The van der Waals surface area contributed by atoms with Gasteiger partial charge in [0.05, 0.1) is 6.10 Å². The van der Waals surface area contributed by atoms with Gasteiger partial charge < -0.3 is 5.11 Å². The van der Waals surface area contributed by atoms with E-state index in [0.717, 1.165) is 38.3 Å². The Labute approximate surface area is 129 Å². The van der Waals surface area contributed by atoms with Crippen LogP contribution in [0.1, 0.15) is 43.6 Å². The minimum absolute atomic E-state index is 0.249. The molecule has 0 radical (unpaired) electrons. The van der Waals surface area contributed by atoms with E-state index >= 15 is 0 Å². The van der Waals surface area contributed by atoms with Crippen LogP contribution in [0.5, 0.6) is 0 Å². The molecule has 1 aromatic carbocycles. The Morgan fingerprint density at radius 2 is 1.67 bits per heavy atom. The van der Waals surface area contributed by atoms with Gasteiger partial charge in [0.15, 0.2) is 0 Å². The number of hydrogen-bond donors (Lipinski definition) is 1. The molecule has 1 aliphatic heterocycles. The fourth-order valence-corrected chi connectivity index (χ4v) is 2.92. The lowest BCUT2D eigenvalue weighted by Crippen LogP contribution is -2.53. The van der Waals surface area contributed by atoms with Crippen LogP contribution in [0.4, 0.5) is 0 Å². The third-order valence-corrected chi connectivity index (χ3v) is 4.67. The Bertz CT molecular complexity index is 471. The molecule has 1 saturated heterocycles. The molecule has 0 amide bonds. The zero-order chi connectivity index (χ0) is 15.6. The van der Waals surface area contributed by atoms with Gasteiger partial charge in [-0.3, -0.25) is 9.80 Å². The van der Waals surface area contributed by atoms with Crippen LogP contribution in [-0.4, -0.2) is 53.2 Å². The van der Waals surface area contributed by atoms with Gasteiger partial charge in [0.2, 0.25) is 0 Å². The van der Waals surface area contributed by atoms with E-state index < -0.39 is 0 Å². The first-order chi connectivity index (χ1) is 9.77. The number of nitrogens with zero attached hydrogens (tertiary/aromatic N) is 2. The Morgan fingerprint density at radius 3 is 2.19 bits per heavy atom. The number of rotatable bonds is 3. The average molecular weight is 290 g/mol. The summed E-state index contributed by atoms with van der Waals surface area (Å²) >= 11 is 0. The van der Waals surface area contributed by atoms with Crippen molar-refractivity contribution in [2.75, 3.05) is 32.7 Å². The fraction of sp³-hybridized carbons (Fsp3) is 0.667. The second kappa shape index (κ2) is 6.47. The van der Waals surface area contributed by atoms with Crippen molar-refractivity contribution in [2.24, 2.45) is 0 Å². The van der Waals surface area contributed by atoms with Gasteiger partial charge in [0, 0.05) is 38.3 Å². The predicted octanol–water partition coefficient (Wildman–Crippen LogP) is 2.75. The second-order valence-electron chi connectivity index (χ2n) is 7.32. The van der Waals surface area contributed by atoms with Gasteiger partial charge in [-0.05, 0) is 51.3 Å². The van der Waals surface area contributed by atoms with Gasteiger partial charge >= 0.3 is 0 Å². The van der Waals surface area contributed by atoms with Crippen LogP contribution < -0.4 is 0 Å². The Morgan fingerprint density at radius 1 is 1.05 bits per heavy atom. The van der Waals surface area contributed by atoms with Crippen molar-refractivity contribution >= 4 is 0 Å². The maximum absolute atomic E-state index is 10.5. The van der Waals surface area contributed by atoms with E-state index in [4.69, 9.17) is 0 Å². The van der Waals surface area contributed by atoms with E-state index in [0.29, 0.717) is 0 Å². The Balaban J connectivity index is 1.89. The quantitative estimate of drug-likeness (QED) is 0.927. The van der Waals surface area contributed by atoms with Gasteiger partial charge in [-0.25, -0.2) is 0 Å². The summed E-state index contributed by atoms with van der Waals surface area (Å²) in [4.78, 5) is 4.90. The van der Waals surface area contributed by atoms with E-state index in [1.165, 1.54) is 11.1 Å². The number of β-amino-alcohol motifs (C(OH)–C–C–N with tert-alkyl or cyclic N) is 1. The van der Waals surface area contributed by atoms with Gasteiger partial charge in [-0.2, -0.15) is 0 Å². The minimum Gasteiger partial charge on any atom is -0.387 e. The predicted molar refractivity (Wildman–Crippen MR) is 88.6 cm³/mol. The molecular formula is C18H30N2O. The molecule has 1 unspecified atom stereocenters. The molecule has 0 spiro atoms. The second-order valence-corrected chi connectivity index (χ2v) is 7.32.